The number of aliphatic hydroxyl groups excluding tert-OH is 2. The molecule has 4 aromatic carbocycles. The average molecular weight is 1520 g/mol. The minimum Gasteiger partial charge on any atom is -0.496 e. The fourth-order valence-corrected chi connectivity index (χ4v) is 15.8. The van der Waals surface area contributed by atoms with Gasteiger partial charge in [0.05, 0.1) is 107 Å². The van der Waals surface area contributed by atoms with Crippen molar-refractivity contribution in [1.82, 2.24) is 69.9 Å². The highest BCUT2D eigenvalue weighted by atomic mass is 35.5. The Kier molecular flexibility index (Phi) is 23.7. The van der Waals surface area contributed by atoms with Crippen molar-refractivity contribution in [3.63, 3.8) is 0 Å². The number of aliphatic hydroxyl groups is 2. The predicted molar refractivity (Wildman–Crippen MR) is 404 cm³/mol. The highest BCUT2D eigenvalue weighted by Crippen LogP contribution is 2.44. The molecule has 4 aromatic heterocycles. The zero-order chi connectivity index (χ0) is 74.4. The van der Waals surface area contributed by atoms with E-state index in [-0.39, 0.29) is 72.7 Å². The van der Waals surface area contributed by atoms with Crippen LogP contribution in [-0.2, 0) is 72.3 Å². The molecule has 30 heteroatoms. The zero-order valence-corrected chi connectivity index (χ0v) is 62.3. The zero-order valence-electron chi connectivity index (χ0n) is 59.2. The van der Waals surface area contributed by atoms with Crippen LogP contribution >= 0.6 is 46.4 Å². The molecule has 556 valence electrons. The standard InChI is InChI=1S/2C38H42Cl2N8O5/c2*1-46-30-12-15-48(33(51)21-47-14-11-25(49)19-47)20-29(30)44-37(46)38(52)45-28-5-3-4-26(34(28)39)27-10-13-42-36(35(27)40)22-6-7-23(31(16-22)53-2)17-41-18-24-8-9-32(50)43-24/h2*3-7,10,13,16,24-25,41,49H,8-9,11-12,14-15,17-21H2,1-2H3,(H,43,50)(H,45,52)/t2*24-,25+/m00/s1. The van der Waals surface area contributed by atoms with Crippen LogP contribution in [0.3, 0.4) is 0 Å². The molecule has 26 nitrogen and oxygen atoms in total. The molecule has 0 unspecified atom stereocenters. The van der Waals surface area contributed by atoms with E-state index < -0.39 is 11.8 Å². The van der Waals surface area contributed by atoms with Crippen LogP contribution in [-0.4, -0.2) is 198 Å². The topological polar surface area (TPSA) is 308 Å². The van der Waals surface area contributed by atoms with Crippen molar-refractivity contribution in [1.29, 1.82) is 0 Å². The van der Waals surface area contributed by atoms with E-state index in [2.05, 4.69) is 51.8 Å². The van der Waals surface area contributed by atoms with Crippen LogP contribution < -0.4 is 41.4 Å². The van der Waals surface area contributed by atoms with Crippen molar-refractivity contribution < 1.29 is 48.5 Å². The molecule has 4 fully saturated rings. The third-order valence-electron chi connectivity index (χ3n) is 20.4. The fourth-order valence-electron chi connectivity index (χ4n) is 14.6. The van der Waals surface area contributed by atoms with Gasteiger partial charge in [-0.05, 0) is 62.1 Å². The number of carbonyl (C=O) groups excluding carboxylic acids is 6. The van der Waals surface area contributed by atoms with Gasteiger partial charge in [0, 0.05) is 186 Å². The molecule has 0 aliphatic carbocycles. The average Bonchev–Trinajstić information content (AvgIpc) is 1.52. The fraction of sp³-hybridized carbons (Fsp3) is 0.395. The molecule has 4 saturated heterocycles. The summed E-state index contributed by atoms with van der Waals surface area (Å²) in [5.74, 6) is 1.08. The molecule has 106 heavy (non-hydrogen) atoms. The van der Waals surface area contributed by atoms with Crippen LogP contribution in [0.15, 0.2) is 97.3 Å². The number of imidazole rings is 2. The normalized spacial score (nSPS) is 18.6. The van der Waals surface area contributed by atoms with Crippen LogP contribution in [0.25, 0.3) is 44.8 Å². The highest BCUT2D eigenvalue weighted by Gasteiger charge is 2.34. The minimum absolute atomic E-state index is 0.0143. The summed E-state index contributed by atoms with van der Waals surface area (Å²) < 4.78 is 15.0. The van der Waals surface area contributed by atoms with Crippen molar-refractivity contribution in [2.75, 3.05) is 90.3 Å². The van der Waals surface area contributed by atoms with Gasteiger partial charge in [-0.1, -0.05) is 94.9 Å². The molecule has 8 aromatic rings. The maximum atomic E-state index is 13.6. The number of rotatable bonds is 22. The number of halogens is 4. The van der Waals surface area contributed by atoms with Gasteiger partial charge in [0.1, 0.15) is 11.5 Å². The summed E-state index contributed by atoms with van der Waals surface area (Å²) >= 11 is 28.0. The largest absolute Gasteiger partial charge is 0.496 e. The number of β-amino-alcohol motifs (C(OH)–C–C–N with tert-alkyl or cyclic N) is 2. The smallest absolute Gasteiger partial charge is 0.291 e. The number of benzene rings is 4. The summed E-state index contributed by atoms with van der Waals surface area (Å²) in [4.78, 5) is 102. The summed E-state index contributed by atoms with van der Waals surface area (Å²) in [6, 6.07) is 26.1. The number of nitrogens with one attached hydrogen (secondary N) is 6. The van der Waals surface area contributed by atoms with E-state index in [4.69, 9.17) is 55.9 Å². The lowest BCUT2D eigenvalue weighted by Crippen LogP contribution is -2.42. The molecule has 0 spiro atoms. The molecule has 8 N–H and O–H groups in total. The number of aromatic nitrogens is 6. The Morgan fingerprint density at radius 1 is 0.538 bits per heavy atom. The Labute approximate surface area is 633 Å². The maximum absolute atomic E-state index is 13.6. The molecular weight excluding hydrogens is 1440 g/mol. The van der Waals surface area contributed by atoms with Gasteiger partial charge in [-0.25, -0.2) is 9.97 Å². The number of anilines is 2. The number of likely N-dealkylation sites (tertiary alicyclic amines) is 2. The van der Waals surface area contributed by atoms with E-state index in [0.29, 0.717) is 205 Å². The summed E-state index contributed by atoms with van der Waals surface area (Å²) in [7, 11) is 6.83. The van der Waals surface area contributed by atoms with E-state index in [1.165, 1.54) is 0 Å². The molecule has 14 rings (SSSR count). The first-order valence-corrected chi connectivity index (χ1v) is 37.0. The first-order chi connectivity index (χ1) is 51.2. The number of hydrogen-bond acceptors (Lipinski definition) is 18. The first kappa shape index (κ1) is 75.2. The highest BCUT2D eigenvalue weighted by molar-refractivity contribution is 6.40. The molecule has 4 atom stereocenters. The second-order valence-electron chi connectivity index (χ2n) is 27.5. The van der Waals surface area contributed by atoms with Crippen molar-refractivity contribution in [2.24, 2.45) is 14.1 Å². The van der Waals surface area contributed by atoms with Crippen molar-refractivity contribution in [2.45, 2.75) is 102 Å². The van der Waals surface area contributed by atoms with Gasteiger partial charge in [0.25, 0.3) is 11.8 Å². The monoisotopic (exact) mass is 1520 g/mol. The number of hydrogen-bond donors (Lipinski definition) is 8. The number of fused-ring (bicyclic) bond motifs is 2. The Balaban J connectivity index is 0.000000188. The number of methoxy groups -OCH3 is 2. The van der Waals surface area contributed by atoms with Crippen LogP contribution in [0.4, 0.5) is 11.4 Å². The van der Waals surface area contributed by atoms with Gasteiger partial charge in [-0.3, -0.25) is 48.5 Å². The predicted octanol–water partition coefficient (Wildman–Crippen LogP) is 8.07. The molecule has 10 heterocycles. The minimum atomic E-state index is -0.430. The third-order valence-corrected chi connectivity index (χ3v) is 22.0. The molecule has 0 radical (unpaired) electrons. The van der Waals surface area contributed by atoms with Crippen LogP contribution in [0.5, 0.6) is 11.5 Å². The van der Waals surface area contributed by atoms with E-state index in [1.807, 2.05) is 58.3 Å². The van der Waals surface area contributed by atoms with Crippen molar-refractivity contribution >= 4 is 93.2 Å². The van der Waals surface area contributed by atoms with Crippen molar-refractivity contribution in [3.8, 4) is 56.3 Å². The van der Waals surface area contributed by atoms with Gasteiger partial charge < -0.3 is 70.5 Å². The molecule has 6 aliphatic heterocycles. The number of pyridine rings is 2. The molecule has 0 saturated carbocycles. The number of ether oxygens (including phenoxy) is 2. The van der Waals surface area contributed by atoms with Crippen LogP contribution in [0.2, 0.25) is 20.1 Å². The van der Waals surface area contributed by atoms with Gasteiger partial charge in [0.2, 0.25) is 23.6 Å². The van der Waals surface area contributed by atoms with E-state index in [1.54, 1.807) is 96.0 Å². The lowest BCUT2D eigenvalue weighted by atomic mass is 10.0. The lowest BCUT2D eigenvalue weighted by molar-refractivity contribution is -0.134. The van der Waals surface area contributed by atoms with Crippen molar-refractivity contribution in [3.05, 3.63) is 163 Å². The summed E-state index contributed by atoms with van der Waals surface area (Å²) in [6.45, 7) is 7.08. The van der Waals surface area contributed by atoms with Crippen LogP contribution in [0.1, 0.15) is 93.7 Å². The quantitative estimate of drug-likeness (QED) is 0.0318. The molecule has 0 bridgehead atoms. The molecule has 6 aliphatic rings. The second kappa shape index (κ2) is 33.4. The number of nitrogens with zero attached hydrogens (tertiary/aromatic N) is 10. The van der Waals surface area contributed by atoms with Gasteiger partial charge >= 0.3 is 0 Å². The van der Waals surface area contributed by atoms with Gasteiger partial charge in [-0.15, -0.1) is 0 Å². The SMILES string of the molecule is COc1cc(-c2nccc(-c3cccc(NC(=O)c4nc5c(n4C)CCN(C(=O)CN4CC[C@@H](O)C4)C5)c3Cl)c2Cl)ccc1CNC[C@@H]1CCC(=O)N1.COc1cc(-c2nccc(-c3cccc(NC(=O)c4nc5c(n4C)CCN(C(=O)CN4CC[C@@H](O)C4)C5)c3Cl)c2Cl)ccc1CNC[C@@H]1CCC(=O)N1. The first-order valence-electron chi connectivity index (χ1n) is 35.5. The van der Waals surface area contributed by atoms with Crippen LogP contribution in [0, 0.1) is 0 Å². The number of amides is 6. The summed E-state index contributed by atoms with van der Waals surface area (Å²) in [5, 5.41) is 39.6. The Morgan fingerprint density at radius 3 is 1.33 bits per heavy atom. The molecule has 6 amide bonds. The van der Waals surface area contributed by atoms with E-state index in [0.717, 1.165) is 46.5 Å². The summed E-state index contributed by atoms with van der Waals surface area (Å²) in [6.07, 6.45) is 7.83. The second-order valence-corrected chi connectivity index (χ2v) is 29.0. The van der Waals surface area contributed by atoms with E-state index in [9.17, 15) is 39.0 Å². The summed E-state index contributed by atoms with van der Waals surface area (Å²) in [5.41, 5.74) is 11.0. The van der Waals surface area contributed by atoms with Gasteiger partial charge in [-0.2, -0.15) is 0 Å². The Morgan fingerprint density at radius 2 is 0.953 bits per heavy atom. The third kappa shape index (κ3) is 16.9. The van der Waals surface area contributed by atoms with E-state index >= 15 is 0 Å². The lowest BCUT2D eigenvalue weighted by Gasteiger charge is -2.28. The Hall–Kier alpha value is -9.06. The number of carbonyl (C=O) groups is 6. The molecular formula is C76H84Cl4N16O10. The van der Waals surface area contributed by atoms with Gasteiger partial charge in [0.15, 0.2) is 11.6 Å². The maximum Gasteiger partial charge on any atom is 0.291 e. The Bertz CT molecular complexity index is 4400.